The van der Waals surface area contributed by atoms with Crippen molar-refractivity contribution in [3.63, 3.8) is 0 Å². The summed E-state index contributed by atoms with van der Waals surface area (Å²) in [4.78, 5) is 0. The smallest absolute Gasteiger partial charge is 0.208 e. The number of hydrogen-bond acceptors (Lipinski definition) is 3. The van der Waals surface area contributed by atoms with Gasteiger partial charge in [-0.15, -0.1) is 0 Å². The summed E-state index contributed by atoms with van der Waals surface area (Å²) >= 11 is 3.52. The average Bonchev–Trinajstić information content (AvgIpc) is 2.59. The summed E-state index contributed by atoms with van der Waals surface area (Å²) in [6.45, 7) is 5.33. The maximum absolute atomic E-state index is 5.98. The van der Waals surface area contributed by atoms with Gasteiger partial charge in [0.1, 0.15) is 0 Å². The van der Waals surface area contributed by atoms with Crippen molar-refractivity contribution in [1.82, 2.24) is 0 Å². The zero-order valence-corrected chi connectivity index (χ0v) is 11.5. The van der Waals surface area contributed by atoms with Crippen molar-refractivity contribution < 1.29 is 14.2 Å². The van der Waals surface area contributed by atoms with Crippen molar-refractivity contribution in [3.8, 4) is 11.5 Å². The Kier molecular flexibility index (Phi) is 2.60. The lowest BCUT2D eigenvalue weighted by Gasteiger charge is -2.31. The van der Waals surface area contributed by atoms with Crippen molar-refractivity contribution in [1.29, 1.82) is 0 Å². The predicted molar refractivity (Wildman–Crippen MR) is 67.7 cm³/mol. The first-order chi connectivity index (χ1) is 8.11. The van der Waals surface area contributed by atoms with Gasteiger partial charge in [-0.1, -0.05) is 15.9 Å². The minimum absolute atomic E-state index is 0.417. The van der Waals surface area contributed by atoms with E-state index in [9.17, 15) is 0 Å². The molecular formula is C13H15BrO3. The lowest BCUT2D eigenvalue weighted by atomic mass is 9.91. The van der Waals surface area contributed by atoms with E-state index in [-0.39, 0.29) is 0 Å². The Balaban J connectivity index is 2.11. The van der Waals surface area contributed by atoms with Crippen LogP contribution in [0.15, 0.2) is 16.6 Å². The highest BCUT2D eigenvalue weighted by molar-refractivity contribution is 9.10. The molecule has 1 saturated heterocycles. The number of fused-ring (bicyclic) bond motifs is 4. The van der Waals surface area contributed by atoms with E-state index in [2.05, 4.69) is 22.0 Å². The van der Waals surface area contributed by atoms with Crippen LogP contribution in [0.1, 0.15) is 31.7 Å². The van der Waals surface area contributed by atoms with Crippen LogP contribution in [0.25, 0.3) is 0 Å². The highest BCUT2D eigenvalue weighted by Gasteiger charge is 2.45. The topological polar surface area (TPSA) is 27.7 Å². The van der Waals surface area contributed by atoms with E-state index in [1.54, 1.807) is 0 Å². The van der Waals surface area contributed by atoms with Gasteiger partial charge in [0.05, 0.1) is 13.2 Å². The number of hydrogen-bond donors (Lipinski definition) is 0. The van der Waals surface area contributed by atoms with Crippen molar-refractivity contribution >= 4 is 15.9 Å². The summed E-state index contributed by atoms with van der Waals surface area (Å²) in [5.74, 6) is 1.60. The molecule has 0 N–H and O–H groups in total. The van der Waals surface area contributed by atoms with Crippen LogP contribution in [0.3, 0.4) is 0 Å². The van der Waals surface area contributed by atoms with E-state index >= 15 is 0 Å². The first-order valence-electron chi connectivity index (χ1n) is 5.90. The Hall–Kier alpha value is -0.740. The van der Waals surface area contributed by atoms with Gasteiger partial charge in [-0.2, -0.15) is 0 Å². The van der Waals surface area contributed by atoms with Gasteiger partial charge < -0.3 is 14.2 Å². The molecule has 1 aromatic rings. The monoisotopic (exact) mass is 298 g/mol. The molecule has 0 spiro atoms. The van der Waals surface area contributed by atoms with E-state index < -0.39 is 5.79 Å². The molecule has 3 rings (SSSR count). The number of benzene rings is 1. The van der Waals surface area contributed by atoms with Crippen LogP contribution in [0.2, 0.25) is 0 Å². The molecule has 1 aromatic carbocycles. The Morgan fingerprint density at radius 1 is 1.53 bits per heavy atom. The zero-order chi connectivity index (χ0) is 12.0. The highest BCUT2D eigenvalue weighted by atomic mass is 79.9. The Bertz CT molecular complexity index is 460. The molecule has 2 heterocycles. The predicted octanol–water partition coefficient (Wildman–Crippen LogP) is 3.46. The van der Waals surface area contributed by atoms with E-state index in [0.29, 0.717) is 12.5 Å². The van der Waals surface area contributed by atoms with Crippen LogP contribution in [0.5, 0.6) is 11.5 Å². The van der Waals surface area contributed by atoms with Gasteiger partial charge in [0.25, 0.3) is 0 Å². The van der Waals surface area contributed by atoms with Crippen molar-refractivity contribution in [3.05, 3.63) is 22.2 Å². The number of rotatable bonds is 2. The zero-order valence-electron chi connectivity index (χ0n) is 9.96. The maximum Gasteiger partial charge on any atom is 0.208 e. The van der Waals surface area contributed by atoms with Gasteiger partial charge in [0, 0.05) is 29.3 Å². The van der Waals surface area contributed by atoms with Gasteiger partial charge in [-0.25, -0.2) is 0 Å². The number of ether oxygens (including phenoxy) is 3. The third-order valence-corrected chi connectivity index (χ3v) is 3.77. The molecule has 92 valence electrons. The van der Waals surface area contributed by atoms with Gasteiger partial charge in [0.2, 0.25) is 5.79 Å². The molecule has 0 aliphatic carbocycles. The standard InChI is InChI=1S/C13H15BrO3/c1-3-15-11-5-9(14)4-10-8-6-13(2,16-7-8)17-12(10)11/h4-5,8H,3,6-7H2,1-2H3/t8-,13+/m0/s1. The second kappa shape index (κ2) is 3.89. The molecule has 2 bridgehead atoms. The third kappa shape index (κ3) is 1.83. The Labute approximate surface area is 109 Å². The van der Waals surface area contributed by atoms with Crippen LogP contribution in [-0.2, 0) is 4.74 Å². The SMILES string of the molecule is CCOc1cc(Br)cc2c1O[C@]1(C)C[C@H]2CO1. The molecule has 0 amide bonds. The van der Waals surface area contributed by atoms with E-state index in [1.807, 2.05) is 19.9 Å². The fourth-order valence-corrected chi connectivity index (χ4v) is 3.05. The van der Waals surface area contributed by atoms with Crippen molar-refractivity contribution in [2.45, 2.75) is 32.0 Å². The van der Waals surface area contributed by atoms with E-state index in [1.165, 1.54) is 5.56 Å². The van der Waals surface area contributed by atoms with Crippen molar-refractivity contribution in [2.24, 2.45) is 0 Å². The molecule has 2 atom stereocenters. The van der Waals surface area contributed by atoms with E-state index in [0.717, 1.165) is 29.0 Å². The van der Waals surface area contributed by atoms with Crippen LogP contribution in [0, 0.1) is 0 Å². The number of halogens is 1. The summed E-state index contributed by atoms with van der Waals surface area (Å²) in [5.41, 5.74) is 1.19. The first kappa shape index (κ1) is 11.4. The Morgan fingerprint density at radius 3 is 3.12 bits per heavy atom. The molecule has 17 heavy (non-hydrogen) atoms. The first-order valence-corrected chi connectivity index (χ1v) is 6.70. The molecule has 0 saturated carbocycles. The summed E-state index contributed by atoms with van der Waals surface area (Å²) in [6.07, 6.45) is 0.919. The molecule has 1 fully saturated rings. The van der Waals surface area contributed by atoms with Crippen molar-refractivity contribution in [2.75, 3.05) is 13.2 Å². The molecule has 0 aromatic heterocycles. The second-order valence-corrected chi connectivity index (χ2v) is 5.62. The van der Waals surface area contributed by atoms with Crippen LogP contribution >= 0.6 is 15.9 Å². The molecule has 2 aliphatic heterocycles. The lowest BCUT2D eigenvalue weighted by Crippen LogP contribution is -2.33. The second-order valence-electron chi connectivity index (χ2n) is 4.70. The normalized spacial score (nSPS) is 29.7. The van der Waals surface area contributed by atoms with Gasteiger partial charge >= 0.3 is 0 Å². The molecule has 4 heteroatoms. The quantitative estimate of drug-likeness (QED) is 0.837. The minimum Gasteiger partial charge on any atom is -0.490 e. The third-order valence-electron chi connectivity index (χ3n) is 3.31. The van der Waals surface area contributed by atoms with Crippen LogP contribution in [-0.4, -0.2) is 19.0 Å². The molecule has 3 nitrogen and oxygen atoms in total. The fourth-order valence-electron chi connectivity index (χ4n) is 2.59. The molecule has 2 aliphatic rings. The summed E-state index contributed by atoms with van der Waals surface area (Å²) in [7, 11) is 0. The summed E-state index contributed by atoms with van der Waals surface area (Å²) in [5, 5.41) is 0. The van der Waals surface area contributed by atoms with Gasteiger partial charge in [0.15, 0.2) is 11.5 Å². The molecule has 0 radical (unpaired) electrons. The highest BCUT2D eigenvalue weighted by Crippen LogP contribution is 2.51. The van der Waals surface area contributed by atoms with Gasteiger partial charge in [-0.05, 0) is 19.1 Å². The largest absolute Gasteiger partial charge is 0.490 e. The van der Waals surface area contributed by atoms with Crippen LogP contribution < -0.4 is 9.47 Å². The fraction of sp³-hybridized carbons (Fsp3) is 0.538. The molecule has 0 unspecified atom stereocenters. The molecular weight excluding hydrogens is 284 g/mol. The minimum atomic E-state index is -0.475. The lowest BCUT2D eigenvalue weighted by molar-refractivity contribution is -0.135. The van der Waals surface area contributed by atoms with E-state index in [4.69, 9.17) is 14.2 Å². The average molecular weight is 299 g/mol. The van der Waals surface area contributed by atoms with Gasteiger partial charge in [-0.3, -0.25) is 0 Å². The van der Waals surface area contributed by atoms with Crippen LogP contribution in [0.4, 0.5) is 0 Å². The summed E-state index contributed by atoms with van der Waals surface area (Å²) < 4.78 is 18.4. The summed E-state index contributed by atoms with van der Waals surface area (Å²) in [6, 6.07) is 4.06. The Morgan fingerprint density at radius 2 is 2.35 bits per heavy atom. The maximum atomic E-state index is 5.98.